The van der Waals surface area contributed by atoms with Gasteiger partial charge in [0.25, 0.3) is 0 Å². The van der Waals surface area contributed by atoms with Gasteiger partial charge < -0.3 is 9.47 Å². The molecule has 0 bridgehead atoms. The molecule has 4 heteroatoms. The van der Waals surface area contributed by atoms with Crippen molar-refractivity contribution in [1.82, 2.24) is 0 Å². The van der Waals surface area contributed by atoms with Crippen molar-refractivity contribution in [3.05, 3.63) is 35.4 Å². The summed E-state index contributed by atoms with van der Waals surface area (Å²) in [5.41, 5.74) is 0.669. The van der Waals surface area contributed by atoms with E-state index in [9.17, 15) is 9.59 Å². The Labute approximate surface area is 164 Å². The molecular weight excluding hydrogens is 340 g/mol. The largest absolute Gasteiger partial charge is 0.462 e. The van der Waals surface area contributed by atoms with Crippen molar-refractivity contribution in [2.24, 2.45) is 5.41 Å². The predicted molar refractivity (Wildman–Crippen MR) is 109 cm³/mol. The van der Waals surface area contributed by atoms with Crippen molar-refractivity contribution in [1.29, 1.82) is 0 Å². The molecule has 0 N–H and O–H groups in total. The van der Waals surface area contributed by atoms with Gasteiger partial charge in [-0.15, -0.1) is 0 Å². The molecule has 0 radical (unpaired) electrons. The highest BCUT2D eigenvalue weighted by molar-refractivity contribution is 5.95. The van der Waals surface area contributed by atoms with Crippen LogP contribution in [-0.4, -0.2) is 25.2 Å². The number of rotatable bonds is 12. The van der Waals surface area contributed by atoms with Crippen LogP contribution < -0.4 is 0 Å². The zero-order valence-corrected chi connectivity index (χ0v) is 17.5. The van der Waals surface area contributed by atoms with E-state index in [1.54, 1.807) is 24.3 Å². The van der Waals surface area contributed by atoms with Gasteiger partial charge in [-0.3, -0.25) is 0 Å². The van der Waals surface area contributed by atoms with Gasteiger partial charge in [-0.2, -0.15) is 0 Å². The normalized spacial score (nSPS) is 11.3. The van der Waals surface area contributed by atoms with E-state index in [4.69, 9.17) is 9.47 Å². The van der Waals surface area contributed by atoms with E-state index in [2.05, 4.69) is 6.92 Å². The lowest BCUT2D eigenvalue weighted by Crippen LogP contribution is -2.18. The Morgan fingerprint density at radius 3 is 1.89 bits per heavy atom. The average molecular weight is 377 g/mol. The SMILES string of the molecule is CCCCCCCCCCOC(=O)c1cccc(C(=O)OCC(C)(C)C)c1. The number of benzene rings is 1. The van der Waals surface area contributed by atoms with Gasteiger partial charge in [0, 0.05) is 0 Å². The number of hydrogen-bond donors (Lipinski definition) is 0. The first-order valence-electron chi connectivity index (χ1n) is 10.3. The van der Waals surface area contributed by atoms with Crippen LogP contribution in [0.3, 0.4) is 0 Å². The van der Waals surface area contributed by atoms with Gasteiger partial charge in [-0.05, 0) is 30.0 Å². The minimum Gasteiger partial charge on any atom is -0.462 e. The smallest absolute Gasteiger partial charge is 0.338 e. The van der Waals surface area contributed by atoms with E-state index in [1.807, 2.05) is 20.8 Å². The highest BCUT2D eigenvalue weighted by Gasteiger charge is 2.16. The van der Waals surface area contributed by atoms with E-state index in [0.29, 0.717) is 24.3 Å². The average Bonchev–Trinajstić information content (AvgIpc) is 2.64. The molecular formula is C23H36O4. The number of carbonyl (C=O) groups is 2. The first kappa shape index (κ1) is 23.2. The Balaban J connectivity index is 2.32. The van der Waals surface area contributed by atoms with Crippen LogP contribution in [0.5, 0.6) is 0 Å². The zero-order valence-electron chi connectivity index (χ0n) is 17.5. The topological polar surface area (TPSA) is 52.6 Å². The molecule has 0 fully saturated rings. The molecule has 1 rings (SSSR count). The Bertz CT molecular complexity index is 572. The summed E-state index contributed by atoms with van der Waals surface area (Å²) in [6.45, 7) is 8.97. The van der Waals surface area contributed by atoms with Gasteiger partial charge in [-0.1, -0.05) is 78.7 Å². The third-order valence-electron chi connectivity index (χ3n) is 4.20. The molecule has 0 saturated carbocycles. The summed E-state index contributed by atoms with van der Waals surface area (Å²) >= 11 is 0. The van der Waals surface area contributed by atoms with Crippen molar-refractivity contribution < 1.29 is 19.1 Å². The quantitative estimate of drug-likeness (QED) is 0.322. The second-order valence-corrected chi connectivity index (χ2v) is 8.33. The molecule has 0 saturated heterocycles. The molecule has 4 nitrogen and oxygen atoms in total. The molecule has 1 aromatic carbocycles. The summed E-state index contributed by atoms with van der Waals surface area (Å²) in [7, 11) is 0. The van der Waals surface area contributed by atoms with E-state index in [1.165, 1.54) is 38.5 Å². The minimum absolute atomic E-state index is 0.0950. The predicted octanol–water partition coefficient (Wildman–Crippen LogP) is 6.19. The molecule has 0 spiro atoms. The van der Waals surface area contributed by atoms with Crippen LogP contribution in [0, 0.1) is 5.41 Å². The summed E-state index contributed by atoms with van der Waals surface area (Å²) < 4.78 is 10.6. The van der Waals surface area contributed by atoms with Crippen LogP contribution in [0.1, 0.15) is 99.8 Å². The van der Waals surface area contributed by atoms with Gasteiger partial charge in [0.05, 0.1) is 24.3 Å². The van der Waals surface area contributed by atoms with Crippen LogP contribution in [0.25, 0.3) is 0 Å². The van der Waals surface area contributed by atoms with Gasteiger partial charge in [0.1, 0.15) is 0 Å². The molecule has 0 unspecified atom stereocenters. The van der Waals surface area contributed by atoms with Crippen molar-refractivity contribution in [3.8, 4) is 0 Å². The minimum atomic E-state index is -0.414. The second-order valence-electron chi connectivity index (χ2n) is 8.33. The van der Waals surface area contributed by atoms with E-state index in [0.717, 1.165) is 12.8 Å². The number of unbranched alkanes of at least 4 members (excludes halogenated alkanes) is 7. The van der Waals surface area contributed by atoms with Crippen molar-refractivity contribution >= 4 is 11.9 Å². The van der Waals surface area contributed by atoms with Crippen LogP contribution in [-0.2, 0) is 9.47 Å². The summed E-state index contributed by atoms with van der Waals surface area (Å²) in [5.74, 6) is -0.800. The van der Waals surface area contributed by atoms with E-state index in [-0.39, 0.29) is 11.4 Å². The third-order valence-corrected chi connectivity index (χ3v) is 4.20. The molecule has 27 heavy (non-hydrogen) atoms. The van der Waals surface area contributed by atoms with Gasteiger partial charge >= 0.3 is 11.9 Å². The number of hydrogen-bond acceptors (Lipinski definition) is 4. The maximum Gasteiger partial charge on any atom is 0.338 e. The fraction of sp³-hybridized carbons (Fsp3) is 0.652. The Morgan fingerprint density at radius 2 is 1.33 bits per heavy atom. The molecule has 1 aromatic rings. The molecule has 152 valence electrons. The number of ether oxygens (including phenoxy) is 2. The summed E-state index contributed by atoms with van der Waals surface area (Å²) in [5, 5.41) is 0. The van der Waals surface area contributed by atoms with E-state index < -0.39 is 5.97 Å². The van der Waals surface area contributed by atoms with Gasteiger partial charge in [0.2, 0.25) is 0 Å². The van der Waals surface area contributed by atoms with Crippen LogP contribution >= 0.6 is 0 Å². The van der Waals surface area contributed by atoms with Crippen molar-refractivity contribution in [3.63, 3.8) is 0 Å². The fourth-order valence-corrected chi connectivity index (χ4v) is 2.62. The Kier molecular flexibility index (Phi) is 10.8. The standard InChI is InChI=1S/C23H36O4/c1-5-6-7-8-9-10-11-12-16-26-21(24)19-14-13-15-20(17-19)22(25)27-18-23(2,3)4/h13-15,17H,5-12,16,18H2,1-4H3. The monoisotopic (exact) mass is 376 g/mol. The highest BCUT2D eigenvalue weighted by Crippen LogP contribution is 2.15. The molecule has 0 aliphatic rings. The maximum absolute atomic E-state index is 12.2. The van der Waals surface area contributed by atoms with Crippen molar-refractivity contribution in [2.45, 2.75) is 79.1 Å². The lowest BCUT2D eigenvalue weighted by atomic mass is 9.99. The molecule has 0 aliphatic carbocycles. The number of esters is 2. The van der Waals surface area contributed by atoms with E-state index >= 15 is 0 Å². The molecule has 0 amide bonds. The summed E-state index contributed by atoms with van der Waals surface area (Å²) in [6.07, 6.45) is 9.62. The first-order valence-corrected chi connectivity index (χ1v) is 10.3. The zero-order chi connectivity index (χ0) is 20.1. The van der Waals surface area contributed by atoms with Crippen LogP contribution in [0.4, 0.5) is 0 Å². The Morgan fingerprint density at radius 1 is 0.815 bits per heavy atom. The lowest BCUT2D eigenvalue weighted by molar-refractivity contribution is 0.0367. The lowest BCUT2D eigenvalue weighted by Gasteiger charge is -2.17. The molecule has 0 atom stereocenters. The first-order chi connectivity index (χ1) is 12.8. The molecule has 0 aromatic heterocycles. The third kappa shape index (κ3) is 10.8. The number of carbonyl (C=O) groups excluding carboxylic acids is 2. The molecule has 0 heterocycles. The van der Waals surface area contributed by atoms with Gasteiger partial charge in [0.15, 0.2) is 0 Å². The maximum atomic E-state index is 12.2. The van der Waals surface area contributed by atoms with Crippen LogP contribution in [0.15, 0.2) is 24.3 Å². The van der Waals surface area contributed by atoms with Gasteiger partial charge in [-0.25, -0.2) is 9.59 Å². The second kappa shape index (κ2) is 12.5. The molecule has 0 aliphatic heterocycles. The van der Waals surface area contributed by atoms with Crippen molar-refractivity contribution in [2.75, 3.05) is 13.2 Å². The fourth-order valence-electron chi connectivity index (χ4n) is 2.62. The van der Waals surface area contributed by atoms with Crippen LogP contribution in [0.2, 0.25) is 0 Å². The Hall–Kier alpha value is -1.84. The summed E-state index contributed by atoms with van der Waals surface area (Å²) in [4.78, 5) is 24.3. The highest BCUT2D eigenvalue weighted by atomic mass is 16.5. The summed E-state index contributed by atoms with van der Waals surface area (Å²) in [6, 6.07) is 6.54.